The van der Waals surface area contributed by atoms with Crippen LogP contribution in [0.1, 0.15) is 63.4 Å². The molecule has 27 heavy (non-hydrogen) atoms. The summed E-state index contributed by atoms with van der Waals surface area (Å²) in [6.45, 7) is 11.7. The van der Waals surface area contributed by atoms with Gasteiger partial charge in [0.2, 0.25) is 5.91 Å². The maximum atomic E-state index is 12.8. The van der Waals surface area contributed by atoms with Crippen molar-refractivity contribution in [3.05, 3.63) is 47.3 Å². The third kappa shape index (κ3) is 4.60. The molecule has 1 N–H and O–H groups in total. The Balaban J connectivity index is 1.65. The Labute approximate surface area is 163 Å². The zero-order valence-electron chi connectivity index (χ0n) is 17.4. The van der Waals surface area contributed by atoms with Crippen LogP contribution in [0.4, 0.5) is 5.69 Å². The maximum absolute atomic E-state index is 12.8. The highest BCUT2D eigenvalue weighted by atomic mass is 16.1. The smallest absolute Gasteiger partial charge is 0.227 e. The molecule has 0 bridgehead atoms. The molecule has 2 aromatic rings. The van der Waals surface area contributed by atoms with Crippen LogP contribution in [-0.4, -0.2) is 15.7 Å². The van der Waals surface area contributed by atoms with Crippen molar-refractivity contribution in [2.75, 3.05) is 5.32 Å². The summed E-state index contributed by atoms with van der Waals surface area (Å²) in [5, 5.41) is 7.84. The molecule has 1 aliphatic rings. The predicted octanol–water partition coefficient (Wildman–Crippen LogP) is 5.34. The molecular formula is C23H33N3O. The molecule has 0 saturated heterocycles. The van der Waals surface area contributed by atoms with Crippen molar-refractivity contribution < 1.29 is 4.79 Å². The van der Waals surface area contributed by atoms with Crippen molar-refractivity contribution in [1.82, 2.24) is 9.78 Å². The van der Waals surface area contributed by atoms with Crippen LogP contribution in [0.2, 0.25) is 0 Å². The van der Waals surface area contributed by atoms with E-state index in [1.54, 1.807) is 0 Å². The van der Waals surface area contributed by atoms with Gasteiger partial charge in [0.1, 0.15) is 0 Å². The second kappa shape index (κ2) is 7.87. The number of carbonyl (C=O) groups excluding carboxylic acids is 1. The van der Waals surface area contributed by atoms with Gasteiger partial charge in [-0.15, -0.1) is 0 Å². The minimum atomic E-state index is 0.125. The first-order valence-electron chi connectivity index (χ1n) is 10.1. The van der Waals surface area contributed by atoms with Gasteiger partial charge in [-0.1, -0.05) is 51.1 Å². The average molecular weight is 368 g/mol. The van der Waals surface area contributed by atoms with E-state index < -0.39 is 0 Å². The van der Waals surface area contributed by atoms with Crippen LogP contribution in [0.15, 0.2) is 30.3 Å². The van der Waals surface area contributed by atoms with Crippen molar-refractivity contribution in [1.29, 1.82) is 0 Å². The average Bonchev–Trinajstić information content (AvgIpc) is 2.89. The van der Waals surface area contributed by atoms with Crippen LogP contribution in [-0.2, 0) is 11.3 Å². The first-order chi connectivity index (χ1) is 12.8. The summed E-state index contributed by atoms with van der Waals surface area (Å²) < 4.78 is 1.98. The molecule has 4 heteroatoms. The molecule has 4 nitrogen and oxygen atoms in total. The number of hydrogen-bond donors (Lipinski definition) is 1. The van der Waals surface area contributed by atoms with Gasteiger partial charge in [-0.3, -0.25) is 9.48 Å². The number of anilines is 1. The van der Waals surface area contributed by atoms with Gasteiger partial charge in [-0.25, -0.2) is 0 Å². The maximum Gasteiger partial charge on any atom is 0.227 e. The van der Waals surface area contributed by atoms with E-state index in [1.165, 1.54) is 5.56 Å². The van der Waals surface area contributed by atoms with Crippen LogP contribution in [0.25, 0.3) is 0 Å². The van der Waals surface area contributed by atoms with E-state index >= 15 is 0 Å². The number of aromatic nitrogens is 2. The molecule has 0 unspecified atom stereocenters. The topological polar surface area (TPSA) is 46.9 Å². The Morgan fingerprint density at radius 2 is 1.74 bits per heavy atom. The number of hydrogen-bond acceptors (Lipinski definition) is 2. The van der Waals surface area contributed by atoms with Crippen LogP contribution in [0.3, 0.4) is 0 Å². The molecule has 0 radical (unpaired) electrons. The number of amides is 1. The summed E-state index contributed by atoms with van der Waals surface area (Å²) >= 11 is 0. The molecule has 146 valence electrons. The minimum absolute atomic E-state index is 0.125. The Morgan fingerprint density at radius 3 is 2.33 bits per heavy atom. The largest absolute Gasteiger partial charge is 0.323 e. The Morgan fingerprint density at radius 1 is 1.11 bits per heavy atom. The quantitative estimate of drug-likeness (QED) is 0.793. The van der Waals surface area contributed by atoms with Crippen molar-refractivity contribution in [2.24, 2.45) is 17.3 Å². The van der Waals surface area contributed by atoms with Gasteiger partial charge in [-0.05, 0) is 56.4 Å². The second-order valence-corrected chi connectivity index (χ2v) is 9.09. The molecule has 3 rings (SSSR count). The lowest BCUT2D eigenvalue weighted by Gasteiger charge is -2.36. The lowest BCUT2D eigenvalue weighted by Crippen LogP contribution is -2.31. The molecule has 1 aromatic heterocycles. The van der Waals surface area contributed by atoms with E-state index in [1.807, 2.05) is 36.7 Å². The van der Waals surface area contributed by atoms with Crippen molar-refractivity contribution in [2.45, 2.75) is 66.8 Å². The molecule has 1 aromatic carbocycles. The minimum Gasteiger partial charge on any atom is -0.323 e. The highest BCUT2D eigenvalue weighted by Gasteiger charge is 2.32. The summed E-state index contributed by atoms with van der Waals surface area (Å²) in [5.41, 5.74) is 4.34. The molecule has 1 amide bonds. The standard InChI is InChI=1S/C23H33N3O/c1-16-21(17(2)26(25-16)15-18-9-7-6-8-10-18)24-22(27)19-11-13-20(14-12-19)23(3,4)5/h6-10,19-20H,11-15H2,1-5H3,(H,24,27). The van der Waals surface area contributed by atoms with Crippen molar-refractivity contribution in [3.8, 4) is 0 Å². The van der Waals surface area contributed by atoms with E-state index in [2.05, 4.69) is 43.3 Å². The number of benzene rings is 1. The molecule has 0 spiro atoms. The van der Waals surface area contributed by atoms with Crippen molar-refractivity contribution >= 4 is 11.6 Å². The van der Waals surface area contributed by atoms with E-state index in [9.17, 15) is 4.79 Å². The third-order valence-electron chi connectivity index (χ3n) is 6.13. The fourth-order valence-corrected chi connectivity index (χ4v) is 4.24. The first kappa shape index (κ1) is 19.7. The molecular weight excluding hydrogens is 334 g/mol. The van der Waals surface area contributed by atoms with Gasteiger partial charge in [0.05, 0.1) is 23.6 Å². The third-order valence-corrected chi connectivity index (χ3v) is 6.13. The van der Waals surface area contributed by atoms with Crippen LogP contribution < -0.4 is 5.32 Å². The summed E-state index contributed by atoms with van der Waals surface area (Å²) in [6.07, 6.45) is 4.27. The SMILES string of the molecule is Cc1nn(Cc2ccccc2)c(C)c1NC(=O)C1CCC(C(C)(C)C)CC1. The summed E-state index contributed by atoms with van der Waals surface area (Å²) in [6, 6.07) is 10.3. The molecule has 0 aliphatic heterocycles. The highest BCUT2D eigenvalue weighted by Crippen LogP contribution is 2.40. The number of aryl methyl sites for hydroxylation is 1. The predicted molar refractivity (Wildman–Crippen MR) is 111 cm³/mol. The zero-order valence-corrected chi connectivity index (χ0v) is 17.4. The fourth-order valence-electron chi connectivity index (χ4n) is 4.24. The van der Waals surface area contributed by atoms with Gasteiger partial charge in [0.15, 0.2) is 0 Å². The summed E-state index contributed by atoms with van der Waals surface area (Å²) in [7, 11) is 0. The number of nitrogens with zero attached hydrogens (tertiary/aromatic N) is 2. The van der Waals surface area contributed by atoms with Gasteiger partial charge < -0.3 is 5.32 Å². The van der Waals surface area contributed by atoms with Gasteiger partial charge in [0, 0.05) is 5.92 Å². The lowest BCUT2D eigenvalue weighted by atomic mass is 9.69. The monoisotopic (exact) mass is 367 g/mol. The van der Waals surface area contributed by atoms with Crippen LogP contribution in [0.5, 0.6) is 0 Å². The first-order valence-corrected chi connectivity index (χ1v) is 10.1. The molecule has 1 saturated carbocycles. The summed E-state index contributed by atoms with van der Waals surface area (Å²) in [4.78, 5) is 12.8. The molecule has 0 atom stereocenters. The number of nitrogens with one attached hydrogen (secondary N) is 1. The molecule has 1 aliphatic carbocycles. The highest BCUT2D eigenvalue weighted by molar-refractivity contribution is 5.93. The van der Waals surface area contributed by atoms with Gasteiger partial charge in [-0.2, -0.15) is 5.10 Å². The zero-order chi connectivity index (χ0) is 19.6. The van der Waals surface area contributed by atoms with Crippen LogP contribution in [0, 0.1) is 31.1 Å². The second-order valence-electron chi connectivity index (χ2n) is 9.09. The molecule has 1 heterocycles. The van der Waals surface area contributed by atoms with Crippen molar-refractivity contribution in [3.63, 3.8) is 0 Å². The van der Waals surface area contributed by atoms with Gasteiger partial charge >= 0.3 is 0 Å². The number of rotatable bonds is 4. The van der Waals surface area contributed by atoms with E-state index in [0.717, 1.165) is 55.2 Å². The van der Waals surface area contributed by atoms with E-state index in [4.69, 9.17) is 0 Å². The molecule has 1 fully saturated rings. The van der Waals surface area contributed by atoms with Gasteiger partial charge in [0.25, 0.3) is 0 Å². The normalized spacial score (nSPS) is 20.5. The van der Waals surface area contributed by atoms with E-state index in [0.29, 0.717) is 5.41 Å². The fraction of sp³-hybridized carbons (Fsp3) is 0.565. The Hall–Kier alpha value is -2.10. The van der Waals surface area contributed by atoms with E-state index in [-0.39, 0.29) is 11.8 Å². The Bertz CT molecular complexity index is 778. The number of carbonyl (C=O) groups is 1. The lowest BCUT2D eigenvalue weighted by molar-refractivity contribution is -0.121. The summed E-state index contributed by atoms with van der Waals surface area (Å²) in [5.74, 6) is 1.01. The van der Waals surface area contributed by atoms with Crippen LogP contribution >= 0.6 is 0 Å². The Kier molecular flexibility index (Phi) is 5.73.